The topological polar surface area (TPSA) is 73.9 Å². The molecule has 1 aliphatic rings. The lowest BCUT2D eigenvalue weighted by molar-refractivity contribution is -0.0285. The van der Waals surface area contributed by atoms with E-state index in [9.17, 15) is 9.59 Å². The summed E-state index contributed by atoms with van der Waals surface area (Å²) in [5.41, 5.74) is 2.56. The molecule has 0 spiro atoms. The molecule has 0 bridgehead atoms. The molecule has 1 aliphatic heterocycles. The smallest absolute Gasteiger partial charge is 0.319 e. The fourth-order valence-corrected chi connectivity index (χ4v) is 4.00. The molecule has 2 aromatic carbocycles. The van der Waals surface area contributed by atoms with Gasteiger partial charge in [0, 0.05) is 50.5 Å². The zero-order chi connectivity index (χ0) is 23.5. The van der Waals surface area contributed by atoms with Gasteiger partial charge in [-0.2, -0.15) is 0 Å². The minimum Gasteiger partial charge on any atom is -0.374 e. The lowest BCUT2D eigenvalue weighted by atomic mass is 10.1. The summed E-state index contributed by atoms with van der Waals surface area (Å²) in [5.74, 6) is 0.0317. The zero-order valence-corrected chi connectivity index (χ0v) is 19.8. The van der Waals surface area contributed by atoms with Gasteiger partial charge in [-0.25, -0.2) is 4.79 Å². The van der Waals surface area contributed by atoms with Crippen molar-refractivity contribution in [2.45, 2.75) is 39.3 Å². The average Bonchev–Trinajstić information content (AvgIpc) is 2.84. The van der Waals surface area contributed by atoms with E-state index in [1.54, 1.807) is 24.3 Å². The molecule has 7 nitrogen and oxygen atoms in total. The van der Waals surface area contributed by atoms with Crippen LogP contribution in [0.2, 0.25) is 0 Å². The Bertz CT molecular complexity index is 867. The number of nitrogens with one attached hydrogen (secondary N) is 2. The van der Waals surface area contributed by atoms with Gasteiger partial charge in [-0.1, -0.05) is 44.2 Å². The normalized spacial score (nSPS) is 16.2. The first-order valence-corrected chi connectivity index (χ1v) is 11.9. The Morgan fingerprint density at radius 1 is 1.03 bits per heavy atom. The van der Waals surface area contributed by atoms with Crippen LogP contribution in [0.4, 0.5) is 10.5 Å². The Kier molecular flexibility index (Phi) is 9.72. The van der Waals surface area contributed by atoms with Crippen LogP contribution in [-0.4, -0.2) is 67.2 Å². The summed E-state index contributed by atoms with van der Waals surface area (Å²) >= 11 is 0. The number of carbonyl (C=O) groups excluding carboxylic acids is 2. The van der Waals surface area contributed by atoms with Gasteiger partial charge in [0.25, 0.3) is 5.91 Å². The van der Waals surface area contributed by atoms with Crippen LogP contribution in [0.3, 0.4) is 0 Å². The van der Waals surface area contributed by atoms with Gasteiger partial charge in [0.05, 0.1) is 12.7 Å². The summed E-state index contributed by atoms with van der Waals surface area (Å²) in [4.78, 5) is 29.3. The maximum atomic E-state index is 12.7. The monoisotopic (exact) mass is 452 g/mol. The molecule has 7 heteroatoms. The lowest BCUT2D eigenvalue weighted by Gasteiger charge is -2.33. The van der Waals surface area contributed by atoms with Crippen LogP contribution < -0.4 is 10.6 Å². The standard InChI is InChI=1S/C26H36N4O3/c1-3-14-30(15-4-2)25(31)22-10-12-23(13-11-22)28-26(32)27-18-24-20-29(16-17-33-24)19-21-8-6-5-7-9-21/h5-13,24H,3-4,14-20H2,1-2H3,(H2,27,28,32). The number of amides is 3. The van der Waals surface area contributed by atoms with Gasteiger partial charge in [0.1, 0.15) is 0 Å². The van der Waals surface area contributed by atoms with Crippen molar-refractivity contribution in [1.29, 1.82) is 0 Å². The molecule has 0 radical (unpaired) electrons. The average molecular weight is 453 g/mol. The molecule has 0 saturated carbocycles. The minimum absolute atomic E-state index is 0.0317. The Hall–Kier alpha value is -2.90. The Morgan fingerprint density at radius 3 is 2.39 bits per heavy atom. The first kappa shape index (κ1) is 24.7. The van der Waals surface area contributed by atoms with Gasteiger partial charge in [0.15, 0.2) is 0 Å². The van der Waals surface area contributed by atoms with Crippen LogP contribution in [0.1, 0.15) is 42.6 Å². The molecule has 1 atom stereocenters. The van der Waals surface area contributed by atoms with Gasteiger partial charge in [-0.05, 0) is 42.7 Å². The van der Waals surface area contributed by atoms with E-state index in [-0.39, 0.29) is 18.0 Å². The fraction of sp³-hybridized carbons (Fsp3) is 0.462. The Morgan fingerprint density at radius 2 is 1.73 bits per heavy atom. The summed E-state index contributed by atoms with van der Waals surface area (Å²) in [6.07, 6.45) is 1.82. The number of hydrogen-bond acceptors (Lipinski definition) is 4. The Balaban J connectivity index is 1.44. The Labute approximate surface area is 197 Å². The van der Waals surface area contributed by atoms with Crippen molar-refractivity contribution in [3.05, 3.63) is 65.7 Å². The van der Waals surface area contributed by atoms with Crippen molar-refractivity contribution in [3.63, 3.8) is 0 Å². The van der Waals surface area contributed by atoms with Crippen molar-refractivity contribution >= 4 is 17.6 Å². The molecule has 0 aliphatic carbocycles. The quantitative estimate of drug-likeness (QED) is 0.572. The maximum Gasteiger partial charge on any atom is 0.319 e. The van der Waals surface area contributed by atoms with Crippen LogP contribution in [0, 0.1) is 0 Å². The zero-order valence-electron chi connectivity index (χ0n) is 19.8. The summed E-state index contributed by atoms with van der Waals surface area (Å²) in [7, 11) is 0. The number of benzene rings is 2. The predicted molar refractivity (Wildman–Crippen MR) is 131 cm³/mol. The van der Waals surface area contributed by atoms with Crippen molar-refractivity contribution in [2.75, 3.05) is 44.6 Å². The highest BCUT2D eigenvalue weighted by molar-refractivity contribution is 5.95. The summed E-state index contributed by atoms with van der Waals surface area (Å²) < 4.78 is 5.82. The molecular weight excluding hydrogens is 416 g/mol. The second-order valence-electron chi connectivity index (χ2n) is 8.42. The number of rotatable bonds is 10. The van der Waals surface area contributed by atoms with Crippen LogP contribution in [-0.2, 0) is 11.3 Å². The molecule has 1 fully saturated rings. The predicted octanol–water partition coefficient (Wildman–Crippen LogP) is 3.97. The number of carbonyl (C=O) groups is 2. The number of nitrogens with zero attached hydrogens (tertiary/aromatic N) is 2. The lowest BCUT2D eigenvalue weighted by Crippen LogP contribution is -2.47. The highest BCUT2D eigenvalue weighted by Gasteiger charge is 2.21. The number of anilines is 1. The van der Waals surface area contributed by atoms with E-state index in [0.717, 1.165) is 45.6 Å². The van der Waals surface area contributed by atoms with E-state index in [1.807, 2.05) is 23.1 Å². The molecule has 1 unspecified atom stereocenters. The molecular formula is C26H36N4O3. The molecule has 3 amide bonds. The second kappa shape index (κ2) is 13.0. The van der Waals surface area contributed by atoms with E-state index >= 15 is 0 Å². The highest BCUT2D eigenvalue weighted by Crippen LogP contribution is 2.13. The van der Waals surface area contributed by atoms with Crippen LogP contribution in [0.15, 0.2) is 54.6 Å². The first-order valence-electron chi connectivity index (χ1n) is 11.9. The van der Waals surface area contributed by atoms with E-state index in [4.69, 9.17) is 4.74 Å². The van der Waals surface area contributed by atoms with Gasteiger partial charge in [-0.15, -0.1) is 0 Å². The first-order chi connectivity index (χ1) is 16.1. The minimum atomic E-state index is -0.281. The number of ether oxygens (including phenoxy) is 1. The second-order valence-corrected chi connectivity index (χ2v) is 8.42. The van der Waals surface area contributed by atoms with Crippen molar-refractivity contribution < 1.29 is 14.3 Å². The van der Waals surface area contributed by atoms with Crippen LogP contribution >= 0.6 is 0 Å². The summed E-state index contributed by atoms with van der Waals surface area (Å²) in [6, 6.07) is 17.2. The van der Waals surface area contributed by atoms with Gasteiger partial charge in [0.2, 0.25) is 0 Å². The molecule has 3 rings (SSSR count). The van der Waals surface area contributed by atoms with E-state index < -0.39 is 0 Å². The molecule has 0 aromatic heterocycles. The fourth-order valence-electron chi connectivity index (χ4n) is 4.00. The molecule has 2 N–H and O–H groups in total. The van der Waals surface area contributed by atoms with E-state index in [2.05, 4.69) is 41.5 Å². The molecule has 178 valence electrons. The summed E-state index contributed by atoms with van der Waals surface area (Å²) in [6.45, 7) is 9.28. The molecule has 33 heavy (non-hydrogen) atoms. The van der Waals surface area contributed by atoms with Gasteiger partial charge in [-0.3, -0.25) is 9.69 Å². The number of morpholine rings is 1. The van der Waals surface area contributed by atoms with Crippen molar-refractivity contribution in [3.8, 4) is 0 Å². The maximum absolute atomic E-state index is 12.7. The molecule has 2 aromatic rings. The van der Waals surface area contributed by atoms with Crippen molar-refractivity contribution in [1.82, 2.24) is 15.1 Å². The highest BCUT2D eigenvalue weighted by atomic mass is 16.5. The SMILES string of the molecule is CCCN(CCC)C(=O)c1ccc(NC(=O)NCC2CN(Cc3ccccc3)CCO2)cc1. The van der Waals surface area contributed by atoms with E-state index in [1.165, 1.54) is 5.56 Å². The van der Waals surface area contributed by atoms with Gasteiger partial charge >= 0.3 is 6.03 Å². The van der Waals surface area contributed by atoms with E-state index in [0.29, 0.717) is 24.4 Å². The van der Waals surface area contributed by atoms with Gasteiger partial charge < -0.3 is 20.3 Å². The third-order valence-electron chi connectivity index (χ3n) is 5.63. The molecule has 1 saturated heterocycles. The number of hydrogen-bond donors (Lipinski definition) is 2. The van der Waals surface area contributed by atoms with Crippen LogP contribution in [0.5, 0.6) is 0 Å². The third kappa shape index (κ3) is 7.87. The molecule has 1 heterocycles. The van der Waals surface area contributed by atoms with Crippen LogP contribution in [0.25, 0.3) is 0 Å². The summed E-state index contributed by atoms with van der Waals surface area (Å²) in [5, 5.41) is 5.73. The number of urea groups is 1. The van der Waals surface area contributed by atoms with Crippen molar-refractivity contribution in [2.24, 2.45) is 0 Å². The largest absolute Gasteiger partial charge is 0.374 e. The third-order valence-corrected chi connectivity index (χ3v) is 5.63.